The van der Waals surface area contributed by atoms with Crippen molar-refractivity contribution in [2.24, 2.45) is 23.7 Å². The van der Waals surface area contributed by atoms with Crippen LogP contribution in [0, 0.1) is 30.6 Å². The summed E-state index contributed by atoms with van der Waals surface area (Å²) in [6, 6.07) is 18.4. The fourth-order valence-electron chi connectivity index (χ4n) is 6.77. The van der Waals surface area contributed by atoms with Crippen molar-refractivity contribution < 1.29 is 38.4 Å². The first-order chi connectivity index (χ1) is 15.4. The number of likely N-dealkylation sites (tertiary alicyclic amines) is 1. The molecule has 3 atom stereocenters. The number of nitrogens with one attached hydrogen (secondary N) is 1. The number of aryl methyl sites for hydroxylation is 1. The summed E-state index contributed by atoms with van der Waals surface area (Å²) in [6.45, 7) is 6.31. The van der Waals surface area contributed by atoms with Crippen LogP contribution in [0.4, 0.5) is 0 Å². The largest absolute Gasteiger partial charge is 1.00 e. The highest BCUT2D eigenvalue weighted by atomic mass is 127. The molecule has 4 nitrogen and oxygen atoms in total. The van der Waals surface area contributed by atoms with Crippen molar-refractivity contribution in [2.45, 2.75) is 44.8 Å². The van der Waals surface area contributed by atoms with E-state index in [1.165, 1.54) is 24.2 Å². The summed E-state index contributed by atoms with van der Waals surface area (Å²) in [5.74, 6) is 1.77. The van der Waals surface area contributed by atoms with Gasteiger partial charge in [-0.25, -0.2) is 0 Å². The van der Waals surface area contributed by atoms with E-state index >= 15 is 0 Å². The Labute approximate surface area is 215 Å². The quantitative estimate of drug-likeness (QED) is 0.393. The molecular weight excluding hydrogens is 523 g/mol. The fraction of sp³-hybridized carbons (Fsp3) is 0.536. The summed E-state index contributed by atoms with van der Waals surface area (Å²) < 4.78 is 1.10. The maximum Gasteiger partial charge on any atom is 0.256 e. The van der Waals surface area contributed by atoms with Crippen LogP contribution in [0.15, 0.2) is 54.6 Å². The third-order valence-corrected chi connectivity index (χ3v) is 8.46. The first-order valence-electron chi connectivity index (χ1n) is 12.3. The van der Waals surface area contributed by atoms with E-state index in [1.807, 2.05) is 30.3 Å². The van der Waals surface area contributed by atoms with Crippen LogP contribution in [0.3, 0.4) is 0 Å². The third kappa shape index (κ3) is 4.87. The smallest absolute Gasteiger partial charge is 0.256 e. The van der Waals surface area contributed by atoms with Gasteiger partial charge in [-0.05, 0) is 31.2 Å². The lowest BCUT2D eigenvalue weighted by molar-refractivity contribution is -0.916. The second-order valence-corrected chi connectivity index (χ2v) is 10.9. The van der Waals surface area contributed by atoms with Crippen molar-refractivity contribution in [3.63, 3.8) is 0 Å². The molecule has 2 N–H and O–H groups in total. The van der Waals surface area contributed by atoms with Gasteiger partial charge in [0.15, 0.2) is 5.60 Å². The average Bonchev–Trinajstić information content (AvgIpc) is 3.16. The van der Waals surface area contributed by atoms with Crippen LogP contribution in [-0.4, -0.2) is 42.2 Å². The van der Waals surface area contributed by atoms with Crippen LogP contribution in [0.5, 0.6) is 0 Å². The normalized spacial score (nSPS) is 30.2. The van der Waals surface area contributed by atoms with Crippen LogP contribution in [0.2, 0.25) is 0 Å². The number of nitrogens with zero attached hydrogens (tertiary/aromatic N) is 1. The molecule has 2 aromatic carbocycles. The molecule has 3 aliphatic rings. The van der Waals surface area contributed by atoms with Gasteiger partial charge in [-0.15, -0.1) is 0 Å². The van der Waals surface area contributed by atoms with Crippen LogP contribution in [-0.2, 0) is 16.9 Å². The number of quaternary nitrogens is 1. The van der Waals surface area contributed by atoms with Gasteiger partial charge in [0.25, 0.3) is 5.91 Å². The molecule has 0 radical (unpaired) electrons. The minimum atomic E-state index is -1.41. The predicted molar refractivity (Wildman–Crippen MR) is 127 cm³/mol. The van der Waals surface area contributed by atoms with Gasteiger partial charge >= 0.3 is 0 Å². The van der Waals surface area contributed by atoms with Gasteiger partial charge in [0.05, 0.1) is 20.1 Å². The lowest BCUT2D eigenvalue weighted by Gasteiger charge is -2.34. The van der Waals surface area contributed by atoms with Crippen molar-refractivity contribution in [3.8, 4) is 0 Å². The van der Waals surface area contributed by atoms with Gasteiger partial charge in [0.1, 0.15) is 6.54 Å². The van der Waals surface area contributed by atoms with Gasteiger partial charge in [-0.2, -0.15) is 0 Å². The zero-order chi connectivity index (χ0) is 22.3. The number of fused-ring (bicyclic) bond motifs is 1. The van der Waals surface area contributed by atoms with Gasteiger partial charge in [0, 0.05) is 29.9 Å². The predicted octanol–water partition coefficient (Wildman–Crippen LogP) is 1.02. The topological polar surface area (TPSA) is 49.3 Å². The van der Waals surface area contributed by atoms with Crippen molar-refractivity contribution in [2.75, 3.05) is 26.7 Å². The Kier molecular flexibility index (Phi) is 7.23. The van der Waals surface area contributed by atoms with E-state index in [1.54, 1.807) is 0 Å². The lowest BCUT2D eigenvalue weighted by atomic mass is 9.79. The standard InChI is InChI=1S/C28H36N2O2.HI/c1-20-9-8-10-21(15-20)17-30(2)18-25-24(26(25)19-30)16-29-27(31)28(32,23-13-6-7-14-23)22-11-4-3-5-12-22;/h3-5,8-12,15,23-26,32H,6-7,13-14,16-19H2,1-2H3;1H. The molecule has 3 unspecified atom stereocenters. The molecule has 1 heterocycles. The highest BCUT2D eigenvalue weighted by Gasteiger charge is 2.61. The lowest BCUT2D eigenvalue weighted by Crippen LogP contribution is -3.00. The SMILES string of the molecule is Cc1cccc(C[N+]2(C)CC3C(CNC(=O)C(O)(c4ccccc4)C4CCCC4)C3C2)c1.[I-]. The summed E-state index contributed by atoms with van der Waals surface area (Å²) in [7, 11) is 2.37. The number of halogens is 1. The zero-order valence-electron chi connectivity index (χ0n) is 19.8. The first-order valence-corrected chi connectivity index (χ1v) is 12.3. The number of rotatable bonds is 7. The number of carbonyl (C=O) groups is 1. The molecule has 1 saturated heterocycles. The molecule has 33 heavy (non-hydrogen) atoms. The van der Waals surface area contributed by atoms with Crippen LogP contribution >= 0.6 is 0 Å². The van der Waals surface area contributed by atoms with E-state index in [-0.39, 0.29) is 35.8 Å². The minimum absolute atomic E-state index is 0. The molecule has 2 aliphatic carbocycles. The van der Waals surface area contributed by atoms with Gasteiger partial charge in [-0.1, -0.05) is 73.0 Å². The zero-order valence-corrected chi connectivity index (χ0v) is 22.0. The van der Waals surface area contributed by atoms with E-state index in [0.717, 1.165) is 42.3 Å². The van der Waals surface area contributed by atoms with Crippen molar-refractivity contribution in [1.29, 1.82) is 0 Å². The third-order valence-electron chi connectivity index (χ3n) is 8.46. The molecule has 5 heteroatoms. The Morgan fingerprint density at radius 2 is 1.73 bits per heavy atom. The van der Waals surface area contributed by atoms with Crippen molar-refractivity contribution in [3.05, 3.63) is 71.3 Å². The Morgan fingerprint density at radius 3 is 2.36 bits per heavy atom. The second-order valence-electron chi connectivity index (χ2n) is 10.9. The van der Waals surface area contributed by atoms with Crippen LogP contribution in [0.1, 0.15) is 42.4 Å². The summed E-state index contributed by atoms with van der Waals surface area (Å²) in [6.07, 6.45) is 4.03. The molecule has 3 fully saturated rings. The molecule has 178 valence electrons. The number of benzene rings is 2. The number of hydrogen-bond acceptors (Lipinski definition) is 2. The van der Waals surface area contributed by atoms with E-state index in [0.29, 0.717) is 24.3 Å². The summed E-state index contributed by atoms with van der Waals surface area (Å²) in [5, 5.41) is 14.8. The maximum atomic E-state index is 13.3. The van der Waals surface area contributed by atoms with Crippen molar-refractivity contribution in [1.82, 2.24) is 5.32 Å². The van der Waals surface area contributed by atoms with E-state index in [2.05, 4.69) is 43.6 Å². The number of aliphatic hydroxyl groups is 1. The van der Waals surface area contributed by atoms with Gasteiger partial charge in [0.2, 0.25) is 0 Å². The van der Waals surface area contributed by atoms with Crippen LogP contribution in [0.25, 0.3) is 0 Å². The number of carbonyl (C=O) groups excluding carboxylic acids is 1. The number of piperidine rings is 1. The molecule has 1 amide bonds. The van der Waals surface area contributed by atoms with Crippen molar-refractivity contribution >= 4 is 5.91 Å². The summed E-state index contributed by atoms with van der Waals surface area (Å²) in [5.41, 5.74) is 2.08. The highest BCUT2D eigenvalue weighted by Crippen LogP contribution is 2.54. The molecule has 0 aromatic heterocycles. The van der Waals surface area contributed by atoms with Gasteiger partial charge < -0.3 is 38.9 Å². The Balaban J connectivity index is 0.00000259. The van der Waals surface area contributed by atoms with Crippen LogP contribution < -0.4 is 29.3 Å². The molecule has 2 aromatic rings. The molecular formula is C28H37IN2O2. The number of hydrogen-bond donors (Lipinski definition) is 2. The number of amides is 1. The Hall–Kier alpha value is -1.44. The Bertz CT molecular complexity index is 963. The summed E-state index contributed by atoms with van der Waals surface area (Å²) >= 11 is 0. The highest BCUT2D eigenvalue weighted by molar-refractivity contribution is 5.86. The molecule has 5 rings (SSSR count). The molecule has 2 saturated carbocycles. The molecule has 0 spiro atoms. The van der Waals surface area contributed by atoms with E-state index < -0.39 is 5.60 Å². The van der Waals surface area contributed by atoms with E-state index in [4.69, 9.17) is 0 Å². The van der Waals surface area contributed by atoms with E-state index in [9.17, 15) is 9.90 Å². The monoisotopic (exact) mass is 560 g/mol. The molecule has 0 bridgehead atoms. The Morgan fingerprint density at radius 1 is 1.06 bits per heavy atom. The minimum Gasteiger partial charge on any atom is -1.00 e. The molecule has 1 aliphatic heterocycles. The van der Waals surface area contributed by atoms with Gasteiger partial charge in [-0.3, -0.25) is 4.79 Å². The maximum absolute atomic E-state index is 13.3. The fourth-order valence-corrected chi connectivity index (χ4v) is 6.77. The summed E-state index contributed by atoms with van der Waals surface area (Å²) in [4.78, 5) is 13.3. The average molecular weight is 561 g/mol. The first kappa shape index (κ1) is 24.7. The second kappa shape index (κ2) is 9.67.